The van der Waals surface area contributed by atoms with Crippen molar-refractivity contribution in [1.82, 2.24) is 0 Å². The lowest BCUT2D eigenvalue weighted by Crippen LogP contribution is -1.95. The van der Waals surface area contributed by atoms with Gasteiger partial charge in [0.05, 0.1) is 16.9 Å². The third-order valence-corrected chi connectivity index (χ3v) is 3.19. The largest absolute Gasteiger partial charge is 0.508 e. The molecule has 0 spiro atoms. The Morgan fingerprint density at radius 1 is 0.909 bits per heavy atom. The number of fused-ring (bicyclic) bond motifs is 1. The van der Waals surface area contributed by atoms with Crippen LogP contribution in [0.4, 0.5) is 11.4 Å². The lowest BCUT2D eigenvalue weighted by atomic mass is 10.1. The minimum atomic E-state index is -1.01. The van der Waals surface area contributed by atoms with Crippen molar-refractivity contribution in [2.45, 2.75) is 0 Å². The molecule has 0 saturated carbocycles. The summed E-state index contributed by atoms with van der Waals surface area (Å²) in [4.78, 5) is 11.2. The van der Waals surface area contributed by atoms with Crippen molar-refractivity contribution in [2.75, 3.05) is 0 Å². The summed E-state index contributed by atoms with van der Waals surface area (Å²) in [5.41, 5.74) is 1.12. The summed E-state index contributed by atoms with van der Waals surface area (Å²) in [7, 11) is 0. The van der Waals surface area contributed by atoms with Gasteiger partial charge in [-0.25, -0.2) is 4.79 Å². The van der Waals surface area contributed by atoms with E-state index >= 15 is 0 Å². The van der Waals surface area contributed by atoms with E-state index in [0.717, 1.165) is 10.8 Å². The number of aromatic carboxylic acids is 1. The molecular weight excluding hydrogens is 280 g/mol. The standard InChI is InChI=1S/C17H12N2O3/c20-14-6-3-5-13(10-14)18-19-16-9-12(17(21)22)8-11-4-1-2-7-15(11)16/h1-10,20H,(H,21,22). The van der Waals surface area contributed by atoms with Crippen LogP contribution in [0.5, 0.6) is 5.75 Å². The van der Waals surface area contributed by atoms with Gasteiger partial charge in [0.15, 0.2) is 0 Å². The number of rotatable bonds is 3. The highest BCUT2D eigenvalue weighted by atomic mass is 16.4. The first-order chi connectivity index (χ1) is 10.6. The molecule has 0 aliphatic rings. The third-order valence-electron chi connectivity index (χ3n) is 3.19. The van der Waals surface area contributed by atoms with Crippen molar-refractivity contribution in [1.29, 1.82) is 0 Å². The summed E-state index contributed by atoms with van der Waals surface area (Å²) in [5.74, 6) is -0.917. The van der Waals surface area contributed by atoms with Gasteiger partial charge in [-0.15, -0.1) is 5.11 Å². The molecule has 5 nitrogen and oxygen atoms in total. The lowest BCUT2D eigenvalue weighted by Gasteiger charge is -2.03. The minimum Gasteiger partial charge on any atom is -0.508 e. The molecule has 0 bridgehead atoms. The molecule has 0 radical (unpaired) electrons. The number of phenols is 1. The molecule has 0 unspecified atom stereocenters. The number of hydrogen-bond donors (Lipinski definition) is 2. The number of benzene rings is 3. The van der Waals surface area contributed by atoms with Crippen molar-refractivity contribution in [3.05, 3.63) is 66.2 Å². The molecule has 0 fully saturated rings. The molecule has 3 aromatic rings. The molecule has 0 aromatic heterocycles. The van der Waals surface area contributed by atoms with Crippen LogP contribution in [0.3, 0.4) is 0 Å². The van der Waals surface area contributed by atoms with E-state index in [-0.39, 0.29) is 11.3 Å². The van der Waals surface area contributed by atoms with Crippen LogP contribution < -0.4 is 0 Å². The smallest absolute Gasteiger partial charge is 0.335 e. The molecule has 0 aliphatic carbocycles. The van der Waals surface area contributed by atoms with Crippen LogP contribution >= 0.6 is 0 Å². The van der Waals surface area contributed by atoms with Gasteiger partial charge in [0.25, 0.3) is 0 Å². The number of carboxylic acid groups (broad SMARTS) is 1. The fourth-order valence-corrected chi connectivity index (χ4v) is 2.16. The van der Waals surface area contributed by atoms with Gasteiger partial charge < -0.3 is 10.2 Å². The van der Waals surface area contributed by atoms with Crippen molar-refractivity contribution < 1.29 is 15.0 Å². The number of hydrogen-bond acceptors (Lipinski definition) is 4. The average molecular weight is 292 g/mol. The molecule has 5 heteroatoms. The summed E-state index contributed by atoms with van der Waals surface area (Å²) in [5, 5.41) is 28.4. The zero-order valence-corrected chi connectivity index (χ0v) is 11.5. The Morgan fingerprint density at radius 2 is 1.73 bits per heavy atom. The van der Waals surface area contributed by atoms with Gasteiger partial charge in [-0.1, -0.05) is 30.3 Å². The molecule has 2 N–H and O–H groups in total. The normalized spacial score (nSPS) is 11.1. The minimum absolute atomic E-state index is 0.0978. The van der Waals surface area contributed by atoms with Gasteiger partial charge in [-0.2, -0.15) is 5.11 Å². The zero-order valence-electron chi connectivity index (χ0n) is 11.5. The summed E-state index contributed by atoms with van der Waals surface area (Å²) in [6, 6.07) is 16.9. The number of carboxylic acids is 1. The number of phenolic OH excluding ortho intramolecular Hbond substituents is 1. The number of carbonyl (C=O) groups is 1. The maximum atomic E-state index is 11.2. The highest BCUT2D eigenvalue weighted by Gasteiger charge is 2.08. The first-order valence-electron chi connectivity index (χ1n) is 6.60. The lowest BCUT2D eigenvalue weighted by molar-refractivity contribution is 0.0697. The fourth-order valence-electron chi connectivity index (χ4n) is 2.16. The average Bonchev–Trinajstić information content (AvgIpc) is 2.52. The van der Waals surface area contributed by atoms with E-state index < -0.39 is 5.97 Å². The Kier molecular flexibility index (Phi) is 3.53. The van der Waals surface area contributed by atoms with Gasteiger partial charge in [0.1, 0.15) is 5.75 Å². The van der Waals surface area contributed by atoms with Crippen LogP contribution in [0, 0.1) is 0 Å². The highest BCUT2D eigenvalue weighted by molar-refractivity contribution is 6.00. The molecule has 3 aromatic carbocycles. The summed E-state index contributed by atoms with van der Waals surface area (Å²) in [6.07, 6.45) is 0. The number of aromatic hydroxyl groups is 1. The SMILES string of the molecule is O=C(O)c1cc(N=Nc2cccc(O)c2)c2ccccc2c1. The summed E-state index contributed by atoms with van der Waals surface area (Å²) in [6.45, 7) is 0. The van der Waals surface area contributed by atoms with E-state index in [4.69, 9.17) is 0 Å². The Balaban J connectivity index is 2.11. The first-order valence-corrected chi connectivity index (χ1v) is 6.60. The molecule has 0 aliphatic heterocycles. The van der Waals surface area contributed by atoms with E-state index in [1.807, 2.05) is 24.3 Å². The Hall–Kier alpha value is -3.21. The Bertz CT molecular complexity index is 888. The van der Waals surface area contributed by atoms with E-state index in [2.05, 4.69) is 10.2 Å². The third kappa shape index (κ3) is 2.78. The van der Waals surface area contributed by atoms with E-state index in [1.54, 1.807) is 24.3 Å². The molecule has 22 heavy (non-hydrogen) atoms. The predicted octanol–water partition coefficient (Wildman–Crippen LogP) is 4.66. The summed E-state index contributed by atoms with van der Waals surface area (Å²) >= 11 is 0. The Labute approximate surface area is 126 Å². The van der Waals surface area contributed by atoms with Crippen LogP contribution in [-0.2, 0) is 0 Å². The van der Waals surface area contributed by atoms with Crippen LogP contribution in [0.25, 0.3) is 10.8 Å². The monoisotopic (exact) mass is 292 g/mol. The van der Waals surface area contributed by atoms with Gasteiger partial charge in [0, 0.05) is 11.5 Å². The Morgan fingerprint density at radius 3 is 2.50 bits per heavy atom. The van der Waals surface area contributed by atoms with Crippen LogP contribution in [0.1, 0.15) is 10.4 Å². The second kappa shape index (κ2) is 5.65. The van der Waals surface area contributed by atoms with Crippen molar-refractivity contribution >= 4 is 28.1 Å². The van der Waals surface area contributed by atoms with Crippen LogP contribution in [0.15, 0.2) is 70.9 Å². The molecule has 108 valence electrons. The maximum absolute atomic E-state index is 11.2. The quantitative estimate of drug-likeness (QED) is 0.689. The fraction of sp³-hybridized carbons (Fsp3) is 0. The molecule has 0 atom stereocenters. The van der Waals surface area contributed by atoms with Crippen molar-refractivity contribution in [2.24, 2.45) is 10.2 Å². The van der Waals surface area contributed by atoms with Crippen molar-refractivity contribution in [3.8, 4) is 5.75 Å². The molecule has 0 amide bonds. The van der Waals surface area contributed by atoms with Crippen LogP contribution in [-0.4, -0.2) is 16.2 Å². The second-order valence-corrected chi connectivity index (χ2v) is 4.74. The van der Waals surface area contributed by atoms with Gasteiger partial charge >= 0.3 is 5.97 Å². The first kappa shape index (κ1) is 13.8. The number of nitrogens with zero attached hydrogens (tertiary/aromatic N) is 2. The van der Waals surface area contributed by atoms with E-state index in [9.17, 15) is 15.0 Å². The predicted molar refractivity (Wildman–Crippen MR) is 83.2 cm³/mol. The summed E-state index contributed by atoms with van der Waals surface area (Å²) < 4.78 is 0. The zero-order chi connectivity index (χ0) is 15.5. The maximum Gasteiger partial charge on any atom is 0.335 e. The second-order valence-electron chi connectivity index (χ2n) is 4.74. The van der Waals surface area contributed by atoms with E-state index in [1.165, 1.54) is 12.1 Å². The molecule has 0 heterocycles. The molecular formula is C17H12N2O3. The van der Waals surface area contributed by atoms with E-state index in [0.29, 0.717) is 11.4 Å². The molecule has 0 saturated heterocycles. The van der Waals surface area contributed by atoms with Crippen LogP contribution in [0.2, 0.25) is 0 Å². The topological polar surface area (TPSA) is 82.2 Å². The highest BCUT2D eigenvalue weighted by Crippen LogP contribution is 2.30. The van der Waals surface area contributed by atoms with Gasteiger partial charge in [-0.05, 0) is 29.7 Å². The van der Waals surface area contributed by atoms with Gasteiger partial charge in [-0.3, -0.25) is 0 Å². The van der Waals surface area contributed by atoms with Crippen molar-refractivity contribution in [3.63, 3.8) is 0 Å². The van der Waals surface area contributed by atoms with Gasteiger partial charge in [0.2, 0.25) is 0 Å². The molecule has 3 rings (SSSR count). The number of azo groups is 1.